The Balaban J connectivity index is 2.10. The van der Waals surface area contributed by atoms with Crippen LogP contribution < -0.4 is 16.4 Å². The Hall–Kier alpha value is -2.57. The number of nitrogens with two attached hydrogens (primary N) is 1. The summed E-state index contributed by atoms with van der Waals surface area (Å²) in [5.74, 6) is 0.608. The molecule has 5 N–H and O–H groups in total. The predicted octanol–water partition coefficient (Wildman–Crippen LogP) is 1.52. The number of nitrogen functional groups attached to an aromatic ring is 1. The number of rotatable bonds is 4. The number of amides is 1. The summed E-state index contributed by atoms with van der Waals surface area (Å²) >= 11 is 0. The fourth-order valence-electron chi connectivity index (χ4n) is 1.70. The predicted molar refractivity (Wildman–Crippen MR) is 73.6 cm³/mol. The molecule has 0 bridgehead atoms. The molecular weight excluding hydrogens is 244 g/mol. The summed E-state index contributed by atoms with van der Waals surface area (Å²) in [5.41, 5.74) is 7.22. The molecule has 7 nitrogen and oxygen atoms in total. The lowest BCUT2D eigenvalue weighted by molar-refractivity contribution is -0.114. The third kappa shape index (κ3) is 3.44. The molecule has 2 aromatic rings. The van der Waals surface area contributed by atoms with Gasteiger partial charge in [-0.1, -0.05) is 12.1 Å². The Morgan fingerprint density at radius 3 is 2.89 bits per heavy atom. The largest absolute Gasteiger partial charge is 0.368 e. The lowest BCUT2D eigenvalue weighted by Gasteiger charge is -2.14. The Morgan fingerprint density at radius 1 is 1.47 bits per heavy atom. The van der Waals surface area contributed by atoms with Gasteiger partial charge in [0.05, 0.1) is 6.04 Å². The van der Waals surface area contributed by atoms with Crippen molar-refractivity contribution in [3.05, 3.63) is 29.8 Å². The van der Waals surface area contributed by atoms with E-state index in [1.54, 1.807) is 0 Å². The van der Waals surface area contributed by atoms with E-state index in [0.29, 0.717) is 5.95 Å². The average molecular weight is 260 g/mol. The van der Waals surface area contributed by atoms with Crippen molar-refractivity contribution < 1.29 is 4.79 Å². The molecule has 0 spiro atoms. The number of hydrogen-bond donors (Lipinski definition) is 4. The fourth-order valence-corrected chi connectivity index (χ4v) is 1.70. The van der Waals surface area contributed by atoms with Crippen molar-refractivity contribution in [2.45, 2.75) is 19.9 Å². The van der Waals surface area contributed by atoms with Crippen LogP contribution in [0.3, 0.4) is 0 Å². The first-order chi connectivity index (χ1) is 9.04. The normalized spacial score (nSPS) is 11.9. The minimum Gasteiger partial charge on any atom is -0.368 e. The molecule has 1 atom stereocenters. The van der Waals surface area contributed by atoms with Gasteiger partial charge in [-0.3, -0.25) is 4.79 Å². The van der Waals surface area contributed by atoms with Crippen molar-refractivity contribution in [3.8, 4) is 0 Å². The van der Waals surface area contributed by atoms with Crippen LogP contribution in [0.2, 0.25) is 0 Å². The molecule has 0 radical (unpaired) electrons. The summed E-state index contributed by atoms with van der Waals surface area (Å²) in [4.78, 5) is 15.0. The lowest BCUT2D eigenvalue weighted by Crippen LogP contribution is -2.10. The van der Waals surface area contributed by atoms with Crippen LogP contribution in [0.5, 0.6) is 0 Å². The highest BCUT2D eigenvalue weighted by Crippen LogP contribution is 2.20. The molecule has 1 amide bonds. The van der Waals surface area contributed by atoms with E-state index in [1.807, 2.05) is 31.2 Å². The van der Waals surface area contributed by atoms with Crippen molar-refractivity contribution >= 4 is 23.5 Å². The Bertz CT molecular complexity index is 579. The average Bonchev–Trinajstić information content (AvgIpc) is 2.74. The Morgan fingerprint density at radius 2 is 2.26 bits per heavy atom. The Kier molecular flexibility index (Phi) is 3.65. The van der Waals surface area contributed by atoms with Gasteiger partial charge in [0.1, 0.15) is 0 Å². The van der Waals surface area contributed by atoms with Gasteiger partial charge < -0.3 is 16.4 Å². The number of anilines is 3. The minimum atomic E-state index is -0.0977. The maximum Gasteiger partial charge on any atom is 0.244 e. The van der Waals surface area contributed by atoms with Crippen molar-refractivity contribution in [2.24, 2.45) is 0 Å². The summed E-state index contributed by atoms with van der Waals surface area (Å²) in [6.45, 7) is 3.45. The number of H-pyrrole nitrogens is 1. The van der Waals surface area contributed by atoms with E-state index >= 15 is 0 Å². The number of hydrogen-bond acceptors (Lipinski definition) is 5. The molecule has 0 aliphatic rings. The van der Waals surface area contributed by atoms with Gasteiger partial charge in [-0.2, -0.15) is 4.98 Å². The highest BCUT2D eigenvalue weighted by molar-refractivity contribution is 5.88. The standard InChI is InChI=1S/C12H16N6O/c1-7(14-12-16-11(13)17-18-12)9-4-3-5-10(6-9)15-8(2)19/h3-7H,1-2H3,(H,15,19)(H4,13,14,16,17,18). The van der Waals surface area contributed by atoms with Gasteiger partial charge in [-0.25, -0.2) is 5.10 Å². The van der Waals surface area contributed by atoms with Crippen LogP contribution in [-0.2, 0) is 4.79 Å². The topological polar surface area (TPSA) is 109 Å². The summed E-state index contributed by atoms with van der Waals surface area (Å²) in [6, 6.07) is 7.56. The van der Waals surface area contributed by atoms with Gasteiger partial charge in [-0.15, -0.1) is 5.10 Å². The van der Waals surface area contributed by atoms with Crippen molar-refractivity contribution in [3.63, 3.8) is 0 Å². The van der Waals surface area contributed by atoms with Gasteiger partial charge in [0.2, 0.25) is 17.8 Å². The van der Waals surface area contributed by atoms with Gasteiger partial charge >= 0.3 is 0 Å². The number of nitrogens with zero attached hydrogens (tertiary/aromatic N) is 2. The number of carbonyl (C=O) groups is 1. The highest BCUT2D eigenvalue weighted by Gasteiger charge is 2.09. The molecule has 0 saturated heterocycles. The van der Waals surface area contributed by atoms with Crippen molar-refractivity contribution in [2.75, 3.05) is 16.4 Å². The fraction of sp³-hybridized carbons (Fsp3) is 0.250. The molecule has 100 valence electrons. The molecule has 2 rings (SSSR count). The number of aromatic nitrogens is 3. The van der Waals surface area contributed by atoms with E-state index in [9.17, 15) is 4.79 Å². The minimum absolute atomic E-state index is 0.0103. The van der Waals surface area contributed by atoms with Gasteiger partial charge in [0.15, 0.2) is 0 Å². The van der Waals surface area contributed by atoms with E-state index in [2.05, 4.69) is 25.8 Å². The second-order valence-electron chi connectivity index (χ2n) is 4.22. The van der Waals surface area contributed by atoms with Crippen LogP contribution in [0.1, 0.15) is 25.5 Å². The summed E-state index contributed by atoms with van der Waals surface area (Å²) in [5, 5.41) is 12.3. The van der Waals surface area contributed by atoms with Crippen LogP contribution >= 0.6 is 0 Å². The first-order valence-corrected chi connectivity index (χ1v) is 5.86. The molecule has 19 heavy (non-hydrogen) atoms. The van der Waals surface area contributed by atoms with Crippen LogP contribution in [0.15, 0.2) is 24.3 Å². The van der Waals surface area contributed by atoms with E-state index in [4.69, 9.17) is 5.73 Å². The zero-order chi connectivity index (χ0) is 13.8. The van der Waals surface area contributed by atoms with E-state index in [-0.39, 0.29) is 17.9 Å². The smallest absolute Gasteiger partial charge is 0.244 e. The molecule has 1 heterocycles. The maximum absolute atomic E-state index is 11.0. The zero-order valence-corrected chi connectivity index (χ0v) is 10.8. The van der Waals surface area contributed by atoms with E-state index in [1.165, 1.54) is 6.92 Å². The number of nitrogens with one attached hydrogen (secondary N) is 3. The number of carbonyl (C=O) groups excluding carboxylic acids is 1. The van der Waals surface area contributed by atoms with Crippen molar-refractivity contribution in [1.29, 1.82) is 0 Å². The first kappa shape index (κ1) is 12.9. The van der Waals surface area contributed by atoms with Gasteiger partial charge in [-0.05, 0) is 24.6 Å². The van der Waals surface area contributed by atoms with Crippen molar-refractivity contribution in [1.82, 2.24) is 15.2 Å². The molecule has 0 aliphatic heterocycles. The SMILES string of the molecule is CC(=O)Nc1cccc(C(C)Nc2n[nH]c(N)n2)c1. The lowest BCUT2D eigenvalue weighted by atomic mass is 10.1. The van der Waals surface area contributed by atoms with Crippen LogP contribution in [0, 0.1) is 0 Å². The molecule has 0 aliphatic carbocycles. The third-order valence-corrected chi connectivity index (χ3v) is 2.56. The quantitative estimate of drug-likeness (QED) is 0.666. The van der Waals surface area contributed by atoms with Crippen LogP contribution in [-0.4, -0.2) is 21.1 Å². The molecule has 1 unspecified atom stereocenters. The second-order valence-corrected chi connectivity index (χ2v) is 4.22. The monoisotopic (exact) mass is 260 g/mol. The first-order valence-electron chi connectivity index (χ1n) is 5.86. The molecule has 7 heteroatoms. The number of benzene rings is 1. The highest BCUT2D eigenvalue weighted by atomic mass is 16.1. The third-order valence-electron chi connectivity index (χ3n) is 2.56. The molecule has 1 aromatic heterocycles. The molecule has 1 aromatic carbocycles. The maximum atomic E-state index is 11.0. The van der Waals surface area contributed by atoms with E-state index in [0.717, 1.165) is 11.3 Å². The molecule has 0 saturated carbocycles. The van der Waals surface area contributed by atoms with Crippen LogP contribution in [0.4, 0.5) is 17.6 Å². The second kappa shape index (κ2) is 5.38. The van der Waals surface area contributed by atoms with E-state index < -0.39 is 0 Å². The molecular formula is C12H16N6O. The number of aromatic amines is 1. The zero-order valence-electron chi connectivity index (χ0n) is 10.8. The van der Waals surface area contributed by atoms with Crippen LogP contribution in [0.25, 0.3) is 0 Å². The summed E-state index contributed by atoms with van der Waals surface area (Å²) in [6.07, 6.45) is 0. The summed E-state index contributed by atoms with van der Waals surface area (Å²) < 4.78 is 0. The Labute approximate surface area is 110 Å². The van der Waals surface area contributed by atoms with Gasteiger partial charge in [0, 0.05) is 12.6 Å². The summed E-state index contributed by atoms with van der Waals surface area (Å²) in [7, 11) is 0. The van der Waals surface area contributed by atoms with Gasteiger partial charge in [0.25, 0.3) is 0 Å². The molecule has 0 fully saturated rings.